The minimum atomic E-state index is -0.624. The topological polar surface area (TPSA) is 77.0 Å². The van der Waals surface area contributed by atoms with E-state index in [1.165, 1.54) is 0 Å². The normalized spacial score (nSPS) is 12.4. The molecule has 0 radical (unpaired) electrons. The molecule has 0 spiro atoms. The van der Waals surface area contributed by atoms with Crippen molar-refractivity contribution < 1.29 is 5.11 Å². The molecule has 1 rings (SSSR count). The zero-order valence-corrected chi connectivity index (χ0v) is 12.5. The summed E-state index contributed by atoms with van der Waals surface area (Å²) in [5.41, 5.74) is 5.03. The molecule has 0 aromatic carbocycles. The second-order valence-corrected chi connectivity index (χ2v) is 5.73. The van der Waals surface area contributed by atoms with Gasteiger partial charge in [0.25, 0.3) is 0 Å². The third-order valence-corrected chi connectivity index (χ3v) is 4.44. The van der Waals surface area contributed by atoms with E-state index in [0.29, 0.717) is 12.3 Å². The number of thioether (sulfide) groups is 1. The number of rotatable bonds is 7. The molecule has 0 aliphatic rings. The Kier molecular flexibility index (Phi) is 5.62. The summed E-state index contributed by atoms with van der Waals surface area (Å²) in [7, 11) is 0. The summed E-state index contributed by atoms with van der Waals surface area (Å²) in [5, 5.41) is 19.4. The van der Waals surface area contributed by atoms with Gasteiger partial charge in [0.1, 0.15) is 5.82 Å². The number of nitrogens with zero attached hydrogens (tertiary/aromatic N) is 3. The quantitative estimate of drug-likeness (QED) is 0.742. The van der Waals surface area contributed by atoms with Crippen LogP contribution in [0.3, 0.4) is 0 Å². The van der Waals surface area contributed by atoms with Gasteiger partial charge < -0.3 is 15.4 Å². The number of hydrogen-bond acceptors (Lipinski definition) is 5. The van der Waals surface area contributed by atoms with Gasteiger partial charge in [-0.1, -0.05) is 25.6 Å². The third kappa shape index (κ3) is 3.46. The number of nitrogens with two attached hydrogens (primary N) is 1. The summed E-state index contributed by atoms with van der Waals surface area (Å²) in [6, 6.07) is 0.275. The molecule has 1 heterocycles. The molecule has 0 bridgehead atoms. The summed E-state index contributed by atoms with van der Waals surface area (Å²) in [6.45, 7) is 8.56. The SMILES string of the molecule is CCC(O)(CC)CSc1nnc(CN)n1C(C)C. The molecule has 5 nitrogen and oxygen atoms in total. The van der Waals surface area contributed by atoms with E-state index >= 15 is 0 Å². The van der Waals surface area contributed by atoms with Crippen LogP contribution in [0.1, 0.15) is 52.4 Å². The predicted molar refractivity (Wildman–Crippen MR) is 74.6 cm³/mol. The van der Waals surface area contributed by atoms with Crippen molar-refractivity contribution in [1.29, 1.82) is 0 Å². The molecule has 1 aromatic heterocycles. The monoisotopic (exact) mass is 272 g/mol. The first-order valence-corrected chi connectivity index (χ1v) is 7.45. The average Bonchev–Trinajstić information content (AvgIpc) is 2.79. The van der Waals surface area contributed by atoms with Gasteiger partial charge in [-0.25, -0.2) is 0 Å². The van der Waals surface area contributed by atoms with Crippen molar-refractivity contribution in [1.82, 2.24) is 14.8 Å². The van der Waals surface area contributed by atoms with E-state index in [-0.39, 0.29) is 6.04 Å². The lowest BCUT2D eigenvalue weighted by atomic mass is 10.0. The largest absolute Gasteiger partial charge is 0.389 e. The second-order valence-electron chi connectivity index (χ2n) is 4.79. The van der Waals surface area contributed by atoms with Crippen LogP contribution in [0.5, 0.6) is 0 Å². The van der Waals surface area contributed by atoms with Gasteiger partial charge in [0.15, 0.2) is 5.16 Å². The maximum atomic E-state index is 10.3. The van der Waals surface area contributed by atoms with E-state index < -0.39 is 5.60 Å². The lowest BCUT2D eigenvalue weighted by Crippen LogP contribution is -2.29. The van der Waals surface area contributed by atoms with Gasteiger partial charge in [-0.2, -0.15) is 0 Å². The first-order chi connectivity index (χ1) is 8.47. The van der Waals surface area contributed by atoms with E-state index in [0.717, 1.165) is 23.8 Å². The molecule has 0 amide bonds. The van der Waals surface area contributed by atoms with E-state index in [9.17, 15) is 5.11 Å². The van der Waals surface area contributed by atoms with Crippen LogP contribution in [-0.4, -0.2) is 31.2 Å². The zero-order valence-electron chi connectivity index (χ0n) is 11.7. The van der Waals surface area contributed by atoms with Crippen LogP contribution in [-0.2, 0) is 6.54 Å². The Morgan fingerprint density at radius 2 is 1.94 bits per heavy atom. The van der Waals surface area contributed by atoms with Gasteiger partial charge in [-0.05, 0) is 26.7 Å². The molecule has 0 unspecified atom stereocenters. The van der Waals surface area contributed by atoms with Crippen LogP contribution < -0.4 is 5.73 Å². The molecule has 18 heavy (non-hydrogen) atoms. The lowest BCUT2D eigenvalue weighted by molar-refractivity contribution is 0.0571. The number of aromatic nitrogens is 3. The van der Waals surface area contributed by atoms with Crippen molar-refractivity contribution in [2.45, 2.75) is 63.9 Å². The Morgan fingerprint density at radius 1 is 1.33 bits per heavy atom. The van der Waals surface area contributed by atoms with Crippen molar-refractivity contribution in [3.63, 3.8) is 0 Å². The standard InChI is InChI=1S/C12H24N4OS/c1-5-12(17,6-2)8-18-11-15-14-10(7-13)16(11)9(3)4/h9,17H,5-8,13H2,1-4H3. The van der Waals surface area contributed by atoms with E-state index in [2.05, 4.69) is 24.0 Å². The maximum Gasteiger partial charge on any atom is 0.191 e. The summed E-state index contributed by atoms with van der Waals surface area (Å²) in [5.74, 6) is 1.43. The summed E-state index contributed by atoms with van der Waals surface area (Å²) < 4.78 is 2.04. The third-order valence-electron chi connectivity index (χ3n) is 3.22. The number of hydrogen-bond donors (Lipinski definition) is 2. The minimum Gasteiger partial charge on any atom is -0.389 e. The van der Waals surface area contributed by atoms with Gasteiger partial charge >= 0.3 is 0 Å². The van der Waals surface area contributed by atoms with Crippen LogP contribution in [0, 0.1) is 0 Å². The van der Waals surface area contributed by atoms with Crippen molar-refractivity contribution in [2.75, 3.05) is 5.75 Å². The highest BCUT2D eigenvalue weighted by atomic mass is 32.2. The molecule has 104 valence electrons. The molecule has 6 heteroatoms. The molecule has 0 aliphatic heterocycles. The van der Waals surface area contributed by atoms with Gasteiger partial charge in [-0.3, -0.25) is 0 Å². The Hall–Kier alpha value is -0.590. The molecule has 0 aliphatic carbocycles. The lowest BCUT2D eigenvalue weighted by Gasteiger charge is -2.24. The fourth-order valence-electron chi connectivity index (χ4n) is 1.72. The molecule has 0 saturated heterocycles. The molecule has 0 atom stereocenters. The van der Waals surface area contributed by atoms with Crippen LogP contribution >= 0.6 is 11.8 Å². The minimum absolute atomic E-state index is 0.275. The smallest absolute Gasteiger partial charge is 0.191 e. The van der Waals surface area contributed by atoms with Crippen LogP contribution in [0.2, 0.25) is 0 Å². The highest BCUT2D eigenvalue weighted by Gasteiger charge is 2.24. The van der Waals surface area contributed by atoms with Gasteiger partial charge in [0.2, 0.25) is 0 Å². The fourth-order valence-corrected chi connectivity index (χ4v) is 3.08. The first kappa shape index (κ1) is 15.5. The van der Waals surface area contributed by atoms with Crippen molar-refractivity contribution >= 4 is 11.8 Å². The van der Waals surface area contributed by atoms with E-state index in [1.54, 1.807) is 11.8 Å². The Balaban J connectivity index is 2.82. The van der Waals surface area contributed by atoms with Gasteiger partial charge in [-0.15, -0.1) is 10.2 Å². The molecule has 1 aromatic rings. The fraction of sp³-hybridized carbons (Fsp3) is 0.833. The Labute approximate surface area is 113 Å². The maximum absolute atomic E-state index is 10.3. The molecular weight excluding hydrogens is 248 g/mol. The molecule has 0 saturated carbocycles. The van der Waals surface area contributed by atoms with Gasteiger partial charge in [0.05, 0.1) is 12.1 Å². The Morgan fingerprint density at radius 3 is 2.39 bits per heavy atom. The molecule has 3 N–H and O–H groups in total. The van der Waals surface area contributed by atoms with Crippen LogP contribution in [0.15, 0.2) is 5.16 Å². The van der Waals surface area contributed by atoms with E-state index in [1.807, 2.05) is 18.4 Å². The second kappa shape index (κ2) is 6.54. The summed E-state index contributed by atoms with van der Waals surface area (Å²) in [6.07, 6.45) is 1.49. The summed E-state index contributed by atoms with van der Waals surface area (Å²) in [4.78, 5) is 0. The molecule has 0 fully saturated rings. The van der Waals surface area contributed by atoms with Crippen LogP contribution in [0.25, 0.3) is 0 Å². The first-order valence-electron chi connectivity index (χ1n) is 6.46. The van der Waals surface area contributed by atoms with Crippen molar-refractivity contribution in [3.05, 3.63) is 5.82 Å². The Bertz CT molecular complexity index is 374. The van der Waals surface area contributed by atoms with Crippen molar-refractivity contribution in [3.8, 4) is 0 Å². The average molecular weight is 272 g/mol. The number of aliphatic hydroxyl groups is 1. The highest BCUT2D eigenvalue weighted by Crippen LogP contribution is 2.27. The highest BCUT2D eigenvalue weighted by molar-refractivity contribution is 7.99. The van der Waals surface area contributed by atoms with Crippen LogP contribution in [0.4, 0.5) is 0 Å². The van der Waals surface area contributed by atoms with Crippen molar-refractivity contribution in [2.24, 2.45) is 5.73 Å². The molecular formula is C12H24N4OS. The summed E-state index contributed by atoms with van der Waals surface area (Å²) >= 11 is 1.55. The van der Waals surface area contributed by atoms with E-state index in [4.69, 9.17) is 5.73 Å². The predicted octanol–water partition coefficient (Wildman–Crippen LogP) is 1.96. The van der Waals surface area contributed by atoms with Gasteiger partial charge in [0, 0.05) is 11.8 Å². The zero-order chi connectivity index (χ0) is 13.8.